The highest BCUT2D eigenvalue weighted by molar-refractivity contribution is 5.76. The van der Waals surface area contributed by atoms with Gasteiger partial charge < -0.3 is 10.7 Å². The van der Waals surface area contributed by atoms with Crippen LogP contribution >= 0.6 is 0 Å². The molecule has 0 aromatic heterocycles. The molecule has 0 aliphatic rings. The van der Waals surface area contributed by atoms with Gasteiger partial charge >= 0.3 is 0 Å². The molecule has 13 heavy (non-hydrogen) atoms. The number of hydrogen-bond donors (Lipinski definition) is 2. The van der Waals surface area contributed by atoms with Gasteiger partial charge in [-0.15, -0.1) is 0 Å². The van der Waals surface area contributed by atoms with E-state index in [0.717, 1.165) is 17.7 Å². The fourth-order valence-corrected chi connectivity index (χ4v) is 0.819. The molecular weight excluding hydrogens is 164 g/mol. The van der Waals surface area contributed by atoms with E-state index in [0.29, 0.717) is 0 Å². The van der Waals surface area contributed by atoms with E-state index in [1.807, 2.05) is 19.9 Å². The molecule has 0 atom stereocenters. The summed E-state index contributed by atoms with van der Waals surface area (Å²) in [5.74, 6) is -0.0740. The average Bonchev–Trinajstić information content (AvgIpc) is 2.05. The molecule has 0 aromatic carbocycles. The van der Waals surface area contributed by atoms with Crippen LogP contribution in [0.5, 0.6) is 0 Å². The molecule has 0 rings (SSSR count). The van der Waals surface area contributed by atoms with Crippen LogP contribution in [-0.4, -0.2) is 12.1 Å². The third-order valence-corrected chi connectivity index (χ3v) is 1.51. The highest BCUT2D eigenvalue weighted by atomic mass is 16.1. The Morgan fingerprint density at radius 2 is 2.00 bits per heavy atom. The third-order valence-electron chi connectivity index (χ3n) is 1.51. The van der Waals surface area contributed by atoms with E-state index in [-0.39, 0.29) is 5.91 Å². The summed E-state index contributed by atoms with van der Waals surface area (Å²) in [7, 11) is 0. The summed E-state index contributed by atoms with van der Waals surface area (Å²) in [6, 6.07) is 0. The van der Waals surface area contributed by atoms with Crippen LogP contribution in [0.2, 0.25) is 0 Å². The van der Waals surface area contributed by atoms with Crippen molar-refractivity contribution < 1.29 is 4.79 Å². The first-order chi connectivity index (χ1) is 6.10. The van der Waals surface area contributed by atoms with Crippen molar-refractivity contribution in [3.05, 3.63) is 23.4 Å². The lowest BCUT2D eigenvalue weighted by Gasteiger charge is -1.99. The maximum Gasteiger partial charge on any atom is 0.220 e. The molecule has 3 heteroatoms. The second-order valence-corrected chi connectivity index (χ2v) is 2.77. The number of hydrogen-bond acceptors (Lipinski definition) is 2. The molecule has 0 radical (unpaired) electrons. The standard InChI is InChI=1S/C10H16N2O/c1-4-10(7-11)6-5-8(2)12-9(3)13/h5-7,11H,4H2,1-3H3,(H,12,13)/b8-5+,10-6+,11-7?. The first-order valence-electron chi connectivity index (χ1n) is 4.25. The van der Waals surface area contributed by atoms with Gasteiger partial charge in [-0.3, -0.25) is 4.79 Å². The van der Waals surface area contributed by atoms with Crippen LogP contribution < -0.4 is 5.32 Å². The van der Waals surface area contributed by atoms with Gasteiger partial charge in [-0.2, -0.15) is 0 Å². The Morgan fingerprint density at radius 3 is 2.38 bits per heavy atom. The molecule has 0 aliphatic carbocycles. The fraction of sp³-hybridized carbons (Fsp3) is 0.400. The van der Waals surface area contributed by atoms with Gasteiger partial charge in [-0.05, 0) is 25.0 Å². The van der Waals surface area contributed by atoms with E-state index < -0.39 is 0 Å². The van der Waals surface area contributed by atoms with Crippen molar-refractivity contribution in [2.24, 2.45) is 0 Å². The van der Waals surface area contributed by atoms with Crippen molar-refractivity contribution in [3.63, 3.8) is 0 Å². The first kappa shape index (κ1) is 11.6. The van der Waals surface area contributed by atoms with Crippen LogP contribution in [0.4, 0.5) is 0 Å². The molecule has 0 heterocycles. The van der Waals surface area contributed by atoms with E-state index in [1.165, 1.54) is 13.1 Å². The van der Waals surface area contributed by atoms with Gasteiger partial charge in [0.25, 0.3) is 0 Å². The van der Waals surface area contributed by atoms with Crippen molar-refractivity contribution in [2.45, 2.75) is 27.2 Å². The molecule has 2 N–H and O–H groups in total. The van der Waals surface area contributed by atoms with E-state index in [4.69, 9.17) is 5.41 Å². The quantitative estimate of drug-likeness (QED) is 0.504. The van der Waals surface area contributed by atoms with Crippen molar-refractivity contribution >= 4 is 12.1 Å². The Bertz CT molecular complexity index is 252. The molecule has 0 bridgehead atoms. The zero-order chi connectivity index (χ0) is 10.3. The topological polar surface area (TPSA) is 53.0 Å². The number of nitrogens with one attached hydrogen (secondary N) is 2. The van der Waals surface area contributed by atoms with E-state index in [2.05, 4.69) is 5.32 Å². The SMILES string of the molecule is CC/C(C=N)=C\C=C(/C)NC(C)=O. The minimum absolute atomic E-state index is 0.0740. The van der Waals surface area contributed by atoms with E-state index in [9.17, 15) is 4.79 Å². The Hall–Kier alpha value is -1.38. The summed E-state index contributed by atoms with van der Waals surface area (Å²) in [6.07, 6.45) is 5.77. The molecule has 0 saturated heterocycles. The first-order valence-corrected chi connectivity index (χ1v) is 4.25. The summed E-state index contributed by atoms with van der Waals surface area (Å²) in [4.78, 5) is 10.6. The molecule has 0 aromatic rings. The van der Waals surface area contributed by atoms with Crippen LogP contribution in [0.1, 0.15) is 27.2 Å². The summed E-state index contributed by atoms with van der Waals surface area (Å²) >= 11 is 0. The number of carbonyl (C=O) groups is 1. The van der Waals surface area contributed by atoms with Gasteiger partial charge in [0.05, 0.1) is 0 Å². The minimum Gasteiger partial charge on any atom is -0.330 e. The second-order valence-electron chi connectivity index (χ2n) is 2.77. The molecule has 72 valence electrons. The summed E-state index contributed by atoms with van der Waals surface area (Å²) in [5, 5.41) is 9.68. The lowest BCUT2D eigenvalue weighted by Crippen LogP contribution is -2.16. The zero-order valence-corrected chi connectivity index (χ0v) is 8.35. The molecule has 0 spiro atoms. The molecule has 0 unspecified atom stereocenters. The highest BCUT2D eigenvalue weighted by Crippen LogP contribution is 1.98. The smallest absolute Gasteiger partial charge is 0.220 e. The third kappa shape index (κ3) is 5.84. The Kier molecular flexibility index (Phi) is 5.52. The Labute approximate surface area is 79.0 Å². The number of rotatable bonds is 4. The lowest BCUT2D eigenvalue weighted by molar-refractivity contribution is -0.118. The van der Waals surface area contributed by atoms with Crippen LogP contribution in [0.15, 0.2) is 23.4 Å². The monoisotopic (exact) mass is 180 g/mol. The highest BCUT2D eigenvalue weighted by Gasteiger charge is 1.90. The van der Waals surface area contributed by atoms with Crippen molar-refractivity contribution in [2.75, 3.05) is 0 Å². The summed E-state index contributed by atoms with van der Waals surface area (Å²) < 4.78 is 0. The van der Waals surface area contributed by atoms with Gasteiger partial charge in [-0.25, -0.2) is 0 Å². The van der Waals surface area contributed by atoms with Crippen LogP contribution in [-0.2, 0) is 4.79 Å². The Morgan fingerprint density at radius 1 is 1.38 bits per heavy atom. The van der Waals surface area contributed by atoms with Gasteiger partial charge in [0, 0.05) is 18.8 Å². The van der Waals surface area contributed by atoms with Crippen molar-refractivity contribution in [1.82, 2.24) is 5.32 Å². The number of amides is 1. The van der Waals surface area contributed by atoms with E-state index in [1.54, 1.807) is 6.08 Å². The van der Waals surface area contributed by atoms with Crippen LogP contribution in [0.25, 0.3) is 0 Å². The molecular formula is C10H16N2O. The average molecular weight is 180 g/mol. The van der Waals surface area contributed by atoms with E-state index >= 15 is 0 Å². The minimum atomic E-state index is -0.0740. The van der Waals surface area contributed by atoms with Crippen molar-refractivity contribution in [1.29, 1.82) is 5.41 Å². The van der Waals surface area contributed by atoms with Crippen LogP contribution in [0, 0.1) is 5.41 Å². The zero-order valence-electron chi connectivity index (χ0n) is 8.35. The molecule has 0 fully saturated rings. The number of allylic oxidation sites excluding steroid dienone is 4. The maximum absolute atomic E-state index is 10.6. The largest absolute Gasteiger partial charge is 0.330 e. The fourth-order valence-electron chi connectivity index (χ4n) is 0.819. The van der Waals surface area contributed by atoms with Gasteiger partial charge in [-0.1, -0.05) is 13.0 Å². The summed E-state index contributed by atoms with van der Waals surface area (Å²) in [5.41, 5.74) is 1.73. The van der Waals surface area contributed by atoms with Gasteiger partial charge in [0.1, 0.15) is 0 Å². The molecule has 0 aliphatic heterocycles. The van der Waals surface area contributed by atoms with Gasteiger partial charge in [0.15, 0.2) is 0 Å². The normalized spacial score (nSPS) is 12.5. The molecule has 1 amide bonds. The molecule has 3 nitrogen and oxygen atoms in total. The van der Waals surface area contributed by atoms with Crippen LogP contribution in [0.3, 0.4) is 0 Å². The predicted molar refractivity (Wildman–Crippen MR) is 54.7 cm³/mol. The van der Waals surface area contributed by atoms with Crippen molar-refractivity contribution in [3.8, 4) is 0 Å². The number of carbonyl (C=O) groups excluding carboxylic acids is 1. The Balaban J connectivity index is 4.30. The maximum atomic E-state index is 10.6. The predicted octanol–water partition coefficient (Wildman–Crippen LogP) is 2.01. The lowest BCUT2D eigenvalue weighted by atomic mass is 10.2. The summed E-state index contributed by atoms with van der Waals surface area (Å²) in [6.45, 7) is 5.27. The molecule has 0 saturated carbocycles. The second kappa shape index (κ2) is 6.17. The van der Waals surface area contributed by atoms with Gasteiger partial charge in [0.2, 0.25) is 5.91 Å².